The molecular weight excluding hydrogens is 232 g/mol. The van der Waals surface area contributed by atoms with Gasteiger partial charge in [-0.1, -0.05) is 5.16 Å². The van der Waals surface area contributed by atoms with Crippen molar-refractivity contribution >= 4 is 11.7 Å². The van der Waals surface area contributed by atoms with Crippen LogP contribution in [0.2, 0.25) is 0 Å². The molecule has 1 N–H and O–H groups in total. The van der Waals surface area contributed by atoms with Gasteiger partial charge in [-0.05, 0) is 31.2 Å². The van der Waals surface area contributed by atoms with Gasteiger partial charge in [-0.15, -0.1) is 0 Å². The van der Waals surface area contributed by atoms with E-state index in [2.05, 4.69) is 5.16 Å². The maximum absolute atomic E-state index is 11.1. The average molecular weight is 246 g/mol. The Morgan fingerprint density at radius 3 is 2.39 bits per heavy atom. The number of nitrogens with zero attached hydrogens (tertiary/aromatic N) is 2. The number of carboxylic acid groups (broad SMARTS) is 1. The molecule has 0 spiro atoms. The van der Waals surface area contributed by atoms with Crippen LogP contribution in [0.3, 0.4) is 0 Å². The van der Waals surface area contributed by atoms with E-state index >= 15 is 0 Å². The topological polar surface area (TPSA) is 66.6 Å². The van der Waals surface area contributed by atoms with Crippen LogP contribution in [0.15, 0.2) is 28.8 Å². The third kappa shape index (κ3) is 2.07. The summed E-state index contributed by atoms with van der Waals surface area (Å²) in [7, 11) is 3.88. The van der Waals surface area contributed by atoms with Crippen LogP contribution < -0.4 is 4.90 Å². The number of aromatic nitrogens is 1. The molecule has 0 bridgehead atoms. The van der Waals surface area contributed by atoms with E-state index in [-0.39, 0.29) is 5.56 Å². The Kier molecular flexibility index (Phi) is 3.06. The van der Waals surface area contributed by atoms with E-state index in [0.29, 0.717) is 17.0 Å². The van der Waals surface area contributed by atoms with E-state index in [4.69, 9.17) is 9.63 Å². The second kappa shape index (κ2) is 4.52. The van der Waals surface area contributed by atoms with Gasteiger partial charge in [0.05, 0.1) is 5.69 Å². The van der Waals surface area contributed by atoms with E-state index in [1.807, 2.05) is 43.3 Å². The summed E-state index contributed by atoms with van der Waals surface area (Å²) in [5.74, 6) is -0.731. The van der Waals surface area contributed by atoms with Crippen LogP contribution in [0.1, 0.15) is 16.1 Å². The van der Waals surface area contributed by atoms with Gasteiger partial charge in [0.15, 0.2) is 5.76 Å². The summed E-state index contributed by atoms with van der Waals surface area (Å²) in [6.07, 6.45) is 0. The molecule has 5 heteroatoms. The minimum atomic E-state index is -1.03. The summed E-state index contributed by atoms with van der Waals surface area (Å²) in [5, 5.41) is 12.8. The minimum Gasteiger partial charge on any atom is -0.477 e. The van der Waals surface area contributed by atoms with Gasteiger partial charge >= 0.3 is 5.97 Å². The maximum atomic E-state index is 11.1. The molecule has 18 heavy (non-hydrogen) atoms. The van der Waals surface area contributed by atoms with Crippen molar-refractivity contribution in [2.45, 2.75) is 6.92 Å². The smallest absolute Gasteiger partial charge is 0.341 e. The number of aromatic carboxylic acids is 1. The monoisotopic (exact) mass is 246 g/mol. The largest absolute Gasteiger partial charge is 0.477 e. The molecule has 0 unspecified atom stereocenters. The highest BCUT2D eigenvalue weighted by atomic mass is 16.5. The normalized spacial score (nSPS) is 10.4. The van der Waals surface area contributed by atoms with Crippen molar-refractivity contribution in [3.8, 4) is 11.3 Å². The van der Waals surface area contributed by atoms with Gasteiger partial charge in [-0.2, -0.15) is 0 Å². The summed E-state index contributed by atoms with van der Waals surface area (Å²) in [5.41, 5.74) is 2.24. The molecule has 2 aromatic rings. The Balaban J connectivity index is 2.46. The number of hydrogen-bond donors (Lipinski definition) is 1. The molecule has 0 radical (unpaired) electrons. The zero-order chi connectivity index (χ0) is 13.3. The Labute approximate surface area is 105 Å². The van der Waals surface area contributed by atoms with Crippen LogP contribution >= 0.6 is 0 Å². The Bertz CT molecular complexity index is 570. The number of hydrogen-bond acceptors (Lipinski definition) is 4. The number of carbonyl (C=O) groups is 1. The van der Waals surface area contributed by atoms with Crippen molar-refractivity contribution in [1.82, 2.24) is 5.16 Å². The van der Waals surface area contributed by atoms with Crippen LogP contribution in [0.4, 0.5) is 5.69 Å². The maximum Gasteiger partial charge on any atom is 0.341 e. The molecule has 2 rings (SSSR count). The van der Waals surface area contributed by atoms with Gasteiger partial charge in [-0.25, -0.2) is 4.79 Å². The minimum absolute atomic E-state index is 0.118. The van der Waals surface area contributed by atoms with E-state index in [1.165, 1.54) is 0 Å². The van der Waals surface area contributed by atoms with Crippen LogP contribution in [-0.4, -0.2) is 30.3 Å². The summed E-state index contributed by atoms with van der Waals surface area (Å²) < 4.78 is 5.10. The van der Waals surface area contributed by atoms with E-state index in [1.54, 1.807) is 6.92 Å². The first-order chi connectivity index (χ1) is 8.50. The number of carboxylic acids is 1. The van der Waals surface area contributed by atoms with Gasteiger partial charge in [0.25, 0.3) is 0 Å². The molecular formula is C13H14N2O3. The highest BCUT2D eigenvalue weighted by molar-refractivity contribution is 5.95. The van der Waals surface area contributed by atoms with Crippen LogP contribution in [-0.2, 0) is 0 Å². The van der Waals surface area contributed by atoms with E-state index in [9.17, 15) is 4.79 Å². The quantitative estimate of drug-likeness (QED) is 0.900. The zero-order valence-corrected chi connectivity index (χ0v) is 10.5. The lowest BCUT2D eigenvalue weighted by atomic mass is 10.1. The first kappa shape index (κ1) is 12.2. The van der Waals surface area contributed by atoms with Crippen molar-refractivity contribution in [3.05, 3.63) is 35.5 Å². The number of aryl methyl sites for hydroxylation is 1. The Morgan fingerprint density at radius 2 is 1.89 bits per heavy atom. The Morgan fingerprint density at radius 1 is 1.28 bits per heavy atom. The van der Waals surface area contributed by atoms with Crippen LogP contribution in [0, 0.1) is 6.92 Å². The summed E-state index contributed by atoms with van der Waals surface area (Å²) in [4.78, 5) is 13.1. The van der Waals surface area contributed by atoms with Crippen molar-refractivity contribution in [2.24, 2.45) is 0 Å². The molecule has 0 aliphatic heterocycles. The molecule has 0 saturated carbocycles. The summed E-state index contributed by atoms with van der Waals surface area (Å²) in [6.45, 7) is 1.62. The fourth-order valence-corrected chi connectivity index (χ4v) is 1.73. The standard InChI is InChI=1S/C13H14N2O3/c1-8-11(13(16)17)12(18-14-8)9-4-6-10(7-5-9)15(2)3/h4-7H,1-3H3,(H,16,17). The molecule has 5 nitrogen and oxygen atoms in total. The fraction of sp³-hybridized carbons (Fsp3) is 0.231. The van der Waals surface area contributed by atoms with E-state index in [0.717, 1.165) is 5.69 Å². The van der Waals surface area contributed by atoms with E-state index < -0.39 is 5.97 Å². The molecule has 0 aliphatic carbocycles. The lowest BCUT2D eigenvalue weighted by Crippen LogP contribution is -2.08. The van der Waals surface area contributed by atoms with Gasteiger partial charge in [0, 0.05) is 25.3 Å². The predicted octanol–water partition coefficient (Wildman–Crippen LogP) is 2.41. The highest BCUT2D eigenvalue weighted by Crippen LogP contribution is 2.27. The van der Waals surface area contributed by atoms with Crippen LogP contribution in [0.5, 0.6) is 0 Å². The number of rotatable bonds is 3. The Hall–Kier alpha value is -2.30. The van der Waals surface area contributed by atoms with Gasteiger partial charge in [0.1, 0.15) is 5.56 Å². The second-order valence-electron chi connectivity index (χ2n) is 4.22. The molecule has 0 fully saturated rings. The van der Waals surface area contributed by atoms with Crippen molar-refractivity contribution in [3.63, 3.8) is 0 Å². The van der Waals surface area contributed by atoms with Gasteiger partial charge in [-0.3, -0.25) is 0 Å². The average Bonchev–Trinajstić information content (AvgIpc) is 2.71. The summed E-state index contributed by atoms with van der Waals surface area (Å²) >= 11 is 0. The molecule has 1 aromatic heterocycles. The van der Waals surface area contributed by atoms with Crippen molar-refractivity contribution < 1.29 is 14.4 Å². The highest BCUT2D eigenvalue weighted by Gasteiger charge is 2.20. The molecule has 0 aliphatic rings. The fourth-order valence-electron chi connectivity index (χ4n) is 1.73. The molecule has 94 valence electrons. The molecule has 0 atom stereocenters. The van der Waals surface area contributed by atoms with Crippen molar-refractivity contribution in [2.75, 3.05) is 19.0 Å². The molecule has 1 aromatic carbocycles. The lowest BCUT2D eigenvalue weighted by molar-refractivity contribution is 0.0696. The SMILES string of the molecule is Cc1noc(-c2ccc(N(C)C)cc2)c1C(=O)O. The summed E-state index contributed by atoms with van der Waals surface area (Å²) in [6, 6.07) is 7.45. The first-order valence-corrected chi connectivity index (χ1v) is 5.48. The number of benzene rings is 1. The second-order valence-corrected chi connectivity index (χ2v) is 4.22. The van der Waals surface area contributed by atoms with Gasteiger partial charge in [0.2, 0.25) is 0 Å². The molecule has 1 heterocycles. The molecule has 0 amide bonds. The number of anilines is 1. The third-order valence-electron chi connectivity index (χ3n) is 2.72. The zero-order valence-electron chi connectivity index (χ0n) is 10.5. The van der Waals surface area contributed by atoms with Gasteiger partial charge < -0.3 is 14.5 Å². The lowest BCUT2D eigenvalue weighted by Gasteiger charge is -2.12. The van der Waals surface area contributed by atoms with Crippen molar-refractivity contribution in [1.29, 1.82) is 0 Å². The first-order valence-electron chi connectivity index (χ1n) is 5.48. The molecule has 0 saturated heterocycles. The third-order valence-corrected chi connectivity index (χ3v) is 2.72. The van der Waals surface area contributed by atoms with Crippen LogP contribution in [0.25, 0.3) is 11.3 Å². The predicted molar refractivity (Wildman–Crippen MR) is 68.0 cm³/mol.